The Morgan fingerprint density at radius 2 is 1.93 bits per heavy atom. The van der Waals surface area contributed by atoms with Crippen LogP contribution in [-0.4, -0.2) is 27.9 Å². The summed E-state index contributed by atoms with van der Waals surface area (Å²) in [5, 5.41) is 3.21. The molecule has 140 valence electrons. The summed E-state index contributed by atoms with van der Waals surface area (Å²) < 4.78 is 6.59. The lowest BCUT2D eigenvalue weighted by atomic mass is 10.2. The molecule has 3 N–H and O–H groups in total. The number of aromatic nitrogens is 2. The van der Waals surface area contributed by atoms with E-state index in [2.05, 4.69) is 10.3 Å². The smallest absolute Gasteiger partial charge is 0.233 e. The van der Waals surface area contributed by atoms with Crippen LogP contribution in [0.2, 0.25) is 0 Å². The van der Waals surface area contributed by atoms with Gasteiger partial charge in [-0.1, -0.05) is 54.2 Å². The molecule has 0 saturated carbocycles. The fourth-order valence-corrected chi connectivity index (χ4v) is 3.33. The lowest BCUT2D eigenvalue weighted by molar-refractivity contribution is -0.120. The van der Waals surface area contributed by atoms with Crippen LogP contribution < -0.4 is 15.9 Å². The zero-order valence-corrected chi connectivity index (χ0v) is 16.1. The number of nitrogens with one attached hydrogen (secondary N) is 1. The number of benzene rings is 2. The van der Waals surface area contributed by atoms with Crippen molar-refractivity contribution >= 4 is 17.7 Å². The molecule has 2 aromatic carbocycles. The molecule has 1 atom stereocenters. The highest BCUT2D eigenvalue weighted by Crippen LogP contribution is 2.25. The number of amides is 1. The second-order valence-corrected chi connectivity index (χ2v) is 7.32. The van der Waals surface area contributed by atoms with Gasteiger partial charge in [-0.2, -0.15) is 0 Å². The van der Waals surface area contributed by atoms with Gasteiger partial charge in [-0.3, -0.25) is 4.79 Å². The van der Waals surface area contributed by atoms with Gasteiger partial charge in [0.25, 0.3) is 0 Å². The van der Waals surface area contributed by atoms with Gasteiger partial charge in [0.2, 0.25) is 5.91 Å². The number of nitrogens with two attached hydrogens (primary N) is 1. The third kappa shape index (κ3) is 4.83. The number of carbonyl (C=O) groups is 1. The first kappa shape index (κ1) is 18.8. The average Bonchev–Trinajstić information content (AvgIpc) is 3.07. The number of imidazole rings is 1. The van der Waals surface area contributed by atoms with Gasteiger partial charge < -0.3 is 15.9 Å². The van der Waals surface area contributed by atoms with Crippen molar-refractivity contribution in [1.29, 1.82) is 0 Å². The van der Waals surface area contributed by atoms with Gasteiger partial charge in [0.1, 0.15) is 5.75 Å². The lowest BCUT2D eigenvalue weighted by Crippen LogP contribution is -2.30. The van der Waals surface area contributed by atoms with Gasteiger partial charge in [-0.25, -0.2) is 9.66 Å². The van der Waals surface area contributed by atoms with E-state index >= 15 is 0 Å². The Labute approximate surface area is 162 Å². The fourth-order valence-electron chi connectivity index (χ4n) is 2.50. The highest BCUT2D eigenvalue weighted by atomic mass is 32.2. The first-order valence-electron chi connectivity index (χ1n) is 8.54. The van der Waals surface area contributed by atoms with Gasteiger partial charge in [-0.05, 0) is 24.6 Å². The van der Waals surface area contributed by atoms with Crippen LogP contribution in [0.15, 0.2) is 66.0 Å². The summed E-state index contributed by atoms with van der Waals surface area (Å²) in [7, 11) is 1.63. The molecule has 0 aliphatic carbocycles. The van der Waals surface area contributed by atoms with Crippen LogP contribution in [0, 0.1) is 0 Å². The molecule has 0 fully saturated rings. The first-order chi connectivity index (χ1) is 13.1. The van der Waals surface area contributed by atoms with Crippen molar-refractivity contribution < 1.29 is 9.53 Å². The molecule has 0 aliphatic heterocycles. The number of methoxy groups -OCH3 is 1. The van der Waals surface area contributed by atoms with E-state index in [-0.39, 0.29) is 11.2 Å². The largest absolute Gasteiger partial charge is 0.497 e. The quantitative estimate of drug-likeness (QED) is 0.485. The van der Waals surface area contributed by atoms with Gasteiger partial charge in [0.05, 0.1) is 24.3 Å². The van der Waals surface area contributed by atoms with E-state index in [1.807, 2.05) is 61.5 Å². The van der Waals surface area contributed by atoms with E-state index < -0.39 is 0 Å². The van der Waals surface area contributed by atoms with Crippen molar-refractivity contribution in [3.63, 3.8) is 0 Å². The third-order valence-electron chi connectivity index (χ3n) is 4.05. The molecule has 6 nitrogen and oxygen atoms in total. The monoisotopic (exact) mass is 382 g/mol. The van der Waals surface area contributed by atoms with Crippen LogP contribution in [0.4, 0.5) is 0 Å². The minimum atomic E-state index is -0.323. The van der Waals surface area contributed by atoms with Crippen LogP contribution in [0.5, 0.6) is 5.75 Å². The lowest BCUT2D eigenvalue weighted by Gasteiger charge is -2.11. The molecule has 1 aromatic heterocycles. The van der Waals surface area contributed by atoms with Crippen molar-refractivity contribution in [2.75, 3.05) is 13.0 Å². The molecule has 1 heterocycles. The molecule has 0 bridgehead atoms. The molecular weight excluding hydrogens is 360 g/mol. The van der Waals surface area contributed by atoms with E-state index in [4.69, 9.17) is 10.6 Å². The molecule has 3 aromatic rings. The Morgan fingerprint density at radius 1 is 1.22 bits per heavy atom. The number of rotatable bonds is 7. The van der Waals surface area contributed by atoms with E-state index in [0.29, 0.717) is 11.7 Å². The Kier molecular flexibility index (Phi) is 6.03. The summed E-state index contributed by atoms with van der Waals surface area (Å²) in [4.78, 5) is 16.9. The molecule has 7 heteroatoms. The topological polar surface area (TPSA) is 82.2 Å². The van der Waals surface area contributed by atoms with Crippen LogP contribution >= 0.6 is 11.8 Å². The second-order valence-electron chi connectivity index (χ2n) is 6.01. The summed E-state index contributed by atoms with van der Waals surface area (Å²) in [6.45, 7) is 2.30. The van der Waals surface area contributed by atoms with Crippen LogP contribution in [0.1, 0.15) is 12.5 Å². The number of thioether (sulfide) groups is 1. The van der Waals surface area contributed by atoms with Crippen LogP contribution in [-0.2, 0) is 11.3 Å². The molecule has 0 saturated heterocycles. The maximum atomic E-state index is 12.4. The fraction of sp³-hybridized carbons (Fsp3) is 0.200. The number of nitrogen functional groups attached to an aromatic ring is 1. The van der Waals surface area contributed by atoms with E-state index in [1.54, 1.807) is 13.3 Å². The molecular formula is C20H22N4O2S. The molecule has 1 amide bonds. The minimum Gasteiger partial charge on any atom is -0.497 e. The predicted molar refractivity (Wildman–Crippen MR) is 108 cm³/mol. The van der Waals surface area contributed by atoms with Crippen molar-refractivity contribution in [2.45, 2.75) is 23.9 Å². The van der Waals surface area contributed by atoms with Gasteiger partial charge in [0.15, 0.2) is 5.16 Å². The zero-order valence-electron chi connectivity index (χ0n) is 15.3. The number of hydrogen-bond acceptors (Lipinski definition) is 5. The molecule has 3 rings (SSSR count). The predicted octanol–water partition coefficient (Wildman–Crippen LogP) is 3.07. The Hall–Kier alpha value is -2.93. The highest BCUT2D eigenvalue weighted by molar-refractivity contribution is 8.00. The maximum absolute atomic E-state index is 12.4. The summed E-state index contributed by atoms with van der Waals surface area (Å²) in [5.41, 5.74) is 2.78. The Balaban J connectivity index is 1.58. The standard InChI is InChI=1S/C20H22N4O2S/c1-14(19(25)22-12-15-8-10-17(26-2)11-9-15)27-20-23-18(13-24(20)21)16-6-4-3-5-7-16/h3-11,13-14H,12,21H2,1-2H3,(H,22,25)/t14-/m1/s1. The van der Waals surface area contributed by atoms with Crippen molar-refractivity contribution in [3.05, 3.63) is 66.4 Å². The second kappa shape index (κ2) is 8.64. The van der Waals surface area contributed by atoms with Crippen LogP contribution in [0.3, 0.4) is 0 Å². The minimum absolute atomic E-state index is 0.0694. The van der Waals surface area contributed by atoms with E-state index in [9.17, 15) is 4.79 Å². The van der Waals surface area contributed by atoms with Crippen LogP contribution in [0.25, 0.3) is 11.3 Å². The zero-order chi connectivity index (χ0) is 19.2. The molecule has 0 spiro atoms. The summed E-state index contributed by atoms with van der Waals surface area (Å²) in [6, 6.07) is 17.4. The molecule has 0 unspecified atom stereocenters. The van der Waals surface area contributed by atoms with Gasteiger partial charge >= 0.3 is 0 Å². The van der Waals surface area contributed by atoms with E-state index in [0.717, 1.165) is 22.6 Å². The number of hydrogen-bond donors (Lipinski definition) is 2. The molecule has 0 aliphatic rings. The third-order valence-corrected chi connectivity index (χ3v) is 5.13. The Bertz CT molecular complexity index is 894. The van der Waals surface area contributed by atoms with E-state index in [1.165, 1.54) is 16.4 Å². The highest BCUT2D eigenvalue weighted by Gasteiger charge is 2.18. The normalized spacial score (nSPS) is 11.8. The Morgan fingerprint density at radius 3 is 2.59 bits per heavy atom. The number of nitrogens with zero attached hydrogens (tertiary/aromatic N) is 2. The van der Waals surface area contributed by atoms with Crippen molar-refractivity contribution in [3.8, 4) is 17.0 Å². The van der Waals surface area contributed by atoms with Gasteiger partial charge in [0, 0.05) is 12.1 Å². The summed E-state index contributed by atoms with van der Waals surface area (Å²) in [5.74, 6) is 6.73. The number of ether oxygens (including phenoxy) is 1. The van der Waals surface area contributed by atoms with Crippen molar-refractivity contribution in [1.82, 2.24) is 15.0 Å². The van der Waals surface area contributed by atoms with Gasteiger partial charge in [-0.15, -0.1) is 0 Å². The first-order valence-corrected chi connectivity index (χ1v) is 9.42. The molecule has 0 radical (unpaired) electrons. The molecule has 27 heavy (non-hydrogen) atoms. The SMILES string of the molecule is COc1ccc(CNC(=O)[C@@H](C)Sc2nc(-c3ccccc3)cn2N)cc1. The number of carbonyl (C=O) groups excluding carboxylic acids is 1. The summed E-state index contributed by atoms with van der Waals surface area (Å²) >= 11 is 1.33. The average molecular weight is 382 g/mol. The maximum Gasteiger partial charge on any atom is 0.233 e. The summed E-state index contributed by atoms with van der Waals surface area (Å²) in [6.07, 6.45) is 1.76. The van der Waals surface area contributed by atoms with Crippen molar-refractivity contribution in [2.24, 2.45) is 0 Å².